The highest BCUT2D eigenvalue weighted by molar-refractivity contribution is 6.32. The molecule has 0 saturated heterocycles. The average Bonchev–Trinajstić information content (AvgIpc) is 2.48. The smallest absolute Gasteiger partial charge is 0.318 e. The van der Waals surface area contributed by atoms with Crippen molar-refractivity contribution in [3.05, 3.63) is 47.1 Å². The van der Waals surface area contributed by atoms with E-state index in [2.05, 4.69) is 53.4 Å². The molecule has 112 valence electrons. The molecule has 0 saturated carbocycles. The van der Waals surface area contributed by atoms with Crippen LogP contribution in [0.25, 0.3) is 0 Å². The van der Waals surface area contributed by atoms with Crippen molar-refractivity contribution >= 4 is 17.4 Å². The molecule has 1 aromatic carbocycles. The predicted octanol–water partition coefficient (Wildman–Crippen LogP) is 3.96. The summed E-state index contributed by atoms with van der Waals surface area (Å²) in [6, 6.07) is 10.7. The third-order valence-corrected chi connectivity index (χ3v) is 3.52. The van der Waals surface area contributed by atoms with Crippen LogP contribution < -0.4 is 10.1 Å². The van der Waals surface area contributed by atoms with E-state index in [1.807, 2.05) is 6.07 Å². The summed E-state index contributed by atoms with van der Waals surface area (Å²) in [7, 11) is 1.54. The zero-order chi connectivity index (χ0) is 15.3. The monoisotopic (exact) mass is 305 g/mol. The molecule has 1 N–H and O–H groups in total. The van der Waals surface area contributed by atoms with E-state index < -0.39 is 0 Å². The van der Waals surface area contributed by atoms with Gasteiger partial charge in [0.2, 0.25) is 0 Å². The van der Waals surface area contributed by atoms with Gasteiger partial charge in [0.15, 0.2) is 5.82 Å². The zero-order valence-corrected chi connectivity index (χ0v) is 13.3. The Morgan fingerprint density at radius 2 is 1.95 bits per heavy atom. The molecule has 2 rings (SSSR count). The van der Waals surface area contributed by atoms with E-state index in [9.17, 15) is 0 Å². The minimum absolute atomic E-state index is 0.140. The third kappa shape index (κ3) is 4.60. The van der Waals surface area contributed by atoms with Gasteiger partial charge in [-0.15, -0.1) is 0 Å². The highest BCUT2D eigenvalue weighted by Crippen LogP contribution is 2.25. The molecule has 0 fully saturated rings. The van der Waals surface area contributed by atoms with Crippen molar-refractivity contribution in [1.82, 2.24) is 9.97 Å². The van der Waals surface area contributed by atoms with Crippen LogP contribution in [0.15, 0.2) is 36.5 Å². The predicted molar refractivity (Wildman–Crippen MR) is 86.1 cm³/mol. The van der Waals surface area contributed by atoms with Crippen LogP contribution in [-0.2, 0) is 6.42 Å². The molecule has 5 heteroatoms. The summed E-state index contributed by atoms with van der Waals surface area (Å²) in [6.07, 6.45) is 3.49. The van der Waals surface area contributed by atoms with E-state index in [1.54, 1.807) is 6.20 Å². The molecule has 2 aromatic rings. The van der Waals surface area contributed by atoms with Crippen LogP contribution in [0, 0.1) is 0 Å². The first-order valence-electron chi connectivity index (χ1n) is 6.89. The second-order valence-corrected chi connectivity index (χ2v) is 5.95. The van der Waals surface area contributed by atoms with E-state index in [-0.39, 0.29) is 5.54 Å². The fourth-order valence-corrected chi connectivity index (χ4v) is 2.16. The molecule has 0 aliphatic carbocycles. The summed E-state index contributed by atoms with van der Waals surface area (Å²) in [5, 5.41) is 3.86. The number of nitrogens with zero attached hydrogens (tertiary/aromatic N) is 2. The van der Waals surface area contributed by atoms with Gasteiger partial charge >= 0.3 is 6.01 Å². The van der Waals surface area contributed by atoms with Crippen LogP contribution in [0.5, 0.6) is 6.01 Å². The van der Waals surface area contributed by atoms with Gasteiger partial charge in [-0.2, -0.15) is 4.98 Å². The van der Waals surface area contributed by atoms with Crippen molar-refractivity contribution in [2.24, 2.45) is 0 Å². The number of aromatic nitrogens is 2. The van der Waals surface area contributed by atoms with Gasteiger partial charge in [-0.1, -0.05) is 41.9 Å². The Labute approximate surface area is 130 Å². The minimum Gasteiger partial charge on any atom is -0.467 e. The lowest BCUT2D eigenvalue weighted by molar-refractivity contribution is 0.379. The molecule has 0 aliphatic heterocycles. The third-order valence-electron chi connectivity index (χ3n) is 3.24. The van der Waals surface area contributed by atoms with E-state index in [0.29, 0.717) is 16.9 Å². The molecule has 0 radical (unpaired) electrons. The van der Waals surface area contributed by atoms with Gasteiger partial charge in [0.05, 0.1) is 13.3 Å². The second kappa shape index (κ2) is 6.76. The Morgan fingerprint density at radius 1 is 1.24 bits per heavy atom. The maximum Gasteiger partial charge on any atom is 0.318 e. The lowest BCUT2D eigenvalue weighted by atomic mass is 9.95. The normalized spacial score (nSPS) is 11.2. The van der Waals surface area contributed by atoms with Crippen LogP contribution in [0.1, 0.15) is 25.8 Å². The van der Waals surface area contributed by atoms with Gasteiger partial charge in [0.1, 0.15) is 5.02 Å². The first kappa shape index (κ1) is 15.6. The number of nitrogens with one attached hydrogen (secondary N) is 1. The molecule has 0 atom stereocenters. The maximum absolute atomic E-state index is 6.13. The highest BCUT2D eigenvalue weighted by atomic mass is 35.5. The lowest BCUT2D eigenvalue weighted by Crippen LogP contribution is -2.32. The van der Waals surface area contributed by atoms with Crippen LogP contribution >= 0.6 is 11.6 Å². The summed E-state index contributed by atoms with van der Waals surface area (Å²) >= 11 is 6.13. The number of rotatable bonds is 6. The quantitative estimate of drug-likeness (QED) is 0.877. The van der Waals surface area contributed by atoms with Crippen LogP contribution in [0.2, 0.25) is 5.02 Å². The first-order chi connectivity index (χ1) is 10.00. The number of ether oxygens (including phenoxy) is 1. The summed E-state index contributed by atoms with van der Waals surface area (Å²) in [5.41, 5.74) is 1.18. The van der Waals surface area contributed by atoms with Crippen LogP contribution in [0.3, 0.4) is 0 Å². The first-order valence-corrected chi connectivity index (χ1v) is 7.26. The zero-order valence-electron chi connectivity index (χ0n) is 12.6. The number of anilines is 1. The Balaban J connectivity index is 2.03. The number of benzene rings is 1. The summed E-state index contributed by atoms with van der Waals surface area (Å²) in [6.45, 7) is 4.25. The summed E-state index contributed by atoms with van der Waals surface area (Å²) < 4.78 is 5.03. The molecule has 0 amide bonds. The van der Waals surface area contributed by atoms with Crippen molar-refractivity contribution in [2.45, 2.75) is 32.2 Å². The molecule has 4 nitrogen and oxygen atoms in total. The molecule has 0 aliphatic rings. The standard InChI is InChI=1S/C16H20ClN3O/c1-16(2,10-9-12-7-5-4-6-8-12)20-14-13(17)11-18-15(19-14)21-3/h4-8,11H,9-10H2,1-3H3,(H,18,19,20). The van der Waals surface area contributed by atoms with Crippen molar-refractivity contribution in [3.8, 4) is 6.01 Å². The van der Waals surface area contributed by atoms with Gasteiger partial charge < -0.3 is 10.1 Å². The van der Waals surface area contributed by atoms with E-state index in [1.165, 1.54) is 12.7 Å². The lowest BCUT2D eigenvalue weighted by Gasteiger charge is -2.27. The molecule has 1 heterocycles. The number of methoxy groups -OCH3 is 1. The molecule has 0 bridgehead atoms. The molecule has 21 heavy (non-hydrogen) atoms. The Bertz CT molecular complexity index is 587. The average molecular weight is 306 g/mol. The number of halogens is 1. The Hall–Kier alpha value is -1.81. The second-order valence-electron chi connectivity index (χ2n) is 5.55. The number of hydrogen-bond acceptors (Lipinski definition) is 4. The molecule has 0 unspecified atom stereocenters. The van der Waals surface area contributed by atoms with Crippen molar-refractivity contribution in [2.75, 3.05) is 12.4 Å². The van der Waals surface area contributed by atoms with Crippen LogP contribution in [-0.4, -0.2) is 22.6 Å². The Kier molecular flexibility index (Phi) is 5.02. The van der Waals surface area contributed by atoms with Crippen LogP contribution in [0.4, 0.5) is 5.82 Å². The molecular formula is C16H20ClN3O. The topological polar surface area (TPSA) is 47.0 Å². The van der Waals surface area contributed by atoms with E-state index in [0.717, 1.165) is 12.8 Å². The van der Waals surface area contributed by atoms with Gasteiger partial charge in [0, 0.05) is 5.54 Å². The van der Waals surface area contributed by atoms with E-state index in [4.69, 9.17) is 16.3 Å². The van der Waals surface area contributed by atoms with Crippen molar-refractivity contribution in [1.29, 1.82) is 0 Å². The molecular weight excluding hydrogens is 286 g/mol. The largest absolute Gasteiger partial charge is 0.467 e. The Morgan fingerprint density at radius 3 is 2.62 bits per heavy atom. The number of hydrogen-bond donors (Lipinski definition) is 1. The van der Waals surface area contributed by atoms with Gasteiger partial charge in [-0.25, -0.2) is 4.98 Å². The van der Waals surface area contributed by atoms with E-state index >= 15 is 0 Å². The molecule has 1 aromatic heterocycles. The maximum atomic E-state index is 6.13. The SMILES string of the molecule is COc1ncc(Cl)c(NC(C)(C)CCc2ccccc2)n1. The summed E-state index contributed by atoms with van der Waals surface area (Å²) in [4.78, 5) is 8.23. The fraction of sp³-hybridized carbons (Fsp3) is 0.375. The minimum atomic E-state index is -0.140. The van der Waals surface area contributed by atoms with Gasteiger partial charge in [0.25, 0.3) is 0 Å². The van der Waals surface area contributed by atoms with Crippen molar-refractivity contribution < 1.29 is 4.74 Å². The van der Waals surface area contributed by atoms with Crippen molar-refractivity contribution in [3.63, 3.8) is 0 Å². The fourth-order valence-electron chi connectivity index (χ4n) is 2.02. The highest BCUT2D eigenvalue weighted by Gasteiger charge is 2.20. The summed E-state index contributed by atoms with van der Waals surface area (Å²) in [5.74, 6) is 0.599. The van der Waals surface area contributed by atoms with Gasteiger partial charge in [-0.05, 0) is 32.3 Å². The van der Waals surface area contributed by atoms with Gasteiger partial charge in [-0.3, -0.25) is 0 Å². The number of aryl methyl sites for hydroxylation is 1. The molecule has 0 spiro atoms.